The molecule has 4 N–H and O–H groups in total. The van der Waals surface area contributed by atoms with Gasteiger partial charge in [0.25, 0.3) is 0 Å². The maximum Gasteiger partial charge on any atom is 0.490 e. The standard InChI is InChI=1S/C8H9N3.C2HF3O2/c9-5-8-10-6-3-1-2-4-7(6)11-8;3-2(4,5)1(6)7/h1-4H,5,9H2,(H,10,11);(H,6,7). The van der Waals surface area contributed by atoms with Gasteiger partial charge in [-0.2, -0.15) is 13.2 Å². The van der Waals surface area contributed by atoms with E-state index in [-0.39, 0.29) is 0 Å². The summed E-state index contributed by atoms with van der Waals surface area (Å²) in [6.45, 7) is 0.467. The van der Waals surface area contributed by atoms with Crippen molar-refractivity contribution in [1.29, 1.82) is 0 Å². The van der Waals surface area contributed by atoms with Crippen molar-refractivity contribution in [3.63, 3.8) is 0 Å². The number of carbonyl (C=O) groups is 1. The summed E-state index contributed by atoms with van der Waals surface area (Å²) in [4.78, 5) is 16.3. The summed E-state index contributed by atoms with van der Waals surface area (Å²) >= 11 is 0. The molecule has 0 aliphatic carbocycles. The van der Waals surface area contributed by atoms with Crippen LogP contribution in [0.25, 0.3) is 11.0 Å². The molecule has 0 aliphatic heterocycles. The third kappa shape index (κ3) is 3.74. The topological polar surface area (TPSA) is 92.0 Å². The van der Waals surface area contributed by atoms with Crippen LogP contribution in [0.4, 0.5) is 13.2 Å². The molecule has 1 heterocycles. The second kappa shape index (κ2) is 5.50. The van der Waals surface area contributed by atoms with Gasteiger partial charge in [0.1, 0.15) is 5.82 Å². The fraction of sp³-hybridized carbons (Fsp3) is 0.200. The van der Waals surface area contributed by atoms with Crippen LogP contribution in [0.3, 0.4) is 0 Å². The van der Waals surface area contributed by atoms with Gasteiger partial charge in [-0.15, -0.1) is 0 Å². The molecule has 2 aromatic rings. The number of hydrogen-bond donors (Lipinski definition) is 3. The number of hydrogen-bond acceptors (Lipinski definition) is 3. The van der Waals surface area contributed by atoms with E-state index in [0.29, 0.717) is 6.54 Å². The third-order valence-electron chi connectivity index (χ3n) is 1.87. The number of nitrogens with zero attached hydrogens (tertiary/aromatic N) is 1. The Hall–Kier alpha value is -2.09. The summed E-state index contributed by atoms with van der Waals surface area (Å²) in [5, 5.41) is 7.12. The number of carboxylic acid groups (broad SMARTS) is 1. The van der Waals surface area contributed by atoms with Crippen LogP contribution in [0.5, 0.6) is 0 Å². The number of alkyl halides is 3. The summed E-state index contributed by atoms with van der Waals surface area (Å²) < 4.78 is 31.7. The van der Waals surface area contributed by atoms with Crippen LogP contribution in [0.1, 0.15) is 5.82 Å². The minimum absolute atomic E-state index is 0.467. The molecule has 18 heavy (non-hydrogen) atoms. The summed E-state index contributed by atoms with van der Waals surface area (Å²) in [5.74, 6) is -1.92. The predicted molar refractivity (Wildman–Crippen MR) is 57.7 cm³/mol. The van der Waals surface area contributed by atoms with Crippen molar-refractivity contribution < 1.29 is 23.1 Å². The predicted octanol–water partition coefficient (Wildman–Crippen LogP) is 1.65. The van der Waals surface area contributed by atoms with Crippen LogP contribution in [0.15, 0.2) is 24.3 Å². The Morgan fingerprint density at radius 3 is 2.39 bits per heavy atom. The molecule has 0 fully saturated rings. The lowest BCUT2D eigenvalue weighted by molar-refractivity contribution is -0.192. The van der Waals surface area contributed by atoms with Crippen molar-refractivity contribution in [1.82, 2.24) is 9.97 Å². The van der Waals surface area contributed by atoms with E-state index in [1.807, 2.05) is 24.3 Å². The Kier molecular flexibility index (Phi) is 4.27. The minimum atomic E-state index is -5.08. The van der Waals surface area contributed by atoms with E-state index in [4.69, 9.17) is 15.6 Å². The van der Waals surface area contributed by atoms with Crippen LogP contribution < -0.4 is 5.73 Å². The lowest BCUT2D eigenvalue weighted by Gasteiger charge is -1.93. The van der Waals surface area contributed by atoms with Gasteiger partial charge in [0.15, 0.2) is 0 Å². The highest BCUT2D eigenvalue weighted by Gasteiger charge is 2.38. The molecule has 0 spiro atoms. The maximum atomic E-state index is 10.6. The van der Waals surface area contributed by atoms with Crippen LogP contribution in [0.2, 0.25) is 0 Å². The minimum Gasteiger partial charge on any atom is -0.475 e. The third-order valence-corrected chi connectivity index (χ3v) is 1.87. The number of halogens is 3. The van der Waals surface area contributed by atoms with Gasteiger partial charge < -0.3 is 15.8 Å². The molecule has 0 saturated heterocycles. The molecule has 8 heteroatoms. The Bertz CT molecular complexity index is 503. The van der Waals surface area contributed by atoms with E-state index in [2.05, 4.69) is 9.97 Å². The van der Waals surface area contributed by atoms with Crippen molar-refractivity contribution in [3.8, 4) is 0 Å². The fourth-order valence-corrected chi connectivity index (χ4v) is 1.10. The van der Waals surface area contributed by atoms with E-state index in [0.717, 1.165) is 16.9 Å². The van der Waals surface area contributed by atoms with Gasteiger partial charge in [-0.25, -0.2) is 9.78 Å². The first-order chi connectivity index (χ1) is 8.34. The van der Waals surface area contributed by atoms with Crippen molar-refractivity contribution in [3.05, 3.63) is 30.1 Å². The number of nitrogens with two attached hydrogens (primary N) is 1. The van der Waals surface area contributed by atoms with Gasteiger partial charge in [0.2, 0.25) is 0 Å². The number of aromatic amines is 1. The van der Waals surface area contributed by atoms with Gasteiger partial charge in [-0.1, -0.05) is 12.1 Å². The fourth-order valence-electron chi connectivity index (χ4n) is 1.10. The zero-order valence-corrected chi connectivity index (χ0v) is 9.03. The molecule has 0 unspecified atom stereocenters. The number of imidazole rings is 1. The number of aromatic nitrogens is 2. The maximum absolute atomic E-state index is 10.6. The van der Waals surface area contributed by atoms with Crippen LogP contribution in [-0.2, 0) is 11.3 Å². The highest BCUT2D eigenvalue weighted by Crippen LogP contribution is 2.13. The molecule has 0 aliphatic rings. The largest absolute Gasteiger partial charge is 0.490 e. The monoisotopic (exact) mass is 261 g/mol. The number of fused-ring (bicyclic) bond motifs is 1. The lowest BCUT2D eigenvalue weighted by Crippen LogP contribution is -2.21. The first-order valence-corrected chi connectivity index (χ1v) is 4.78. The summed E-state index contributed by atoms with van der Waals surface area (Å²) in [6, 6.07) is 7.89. The van der Waals surface area contributed by atoms with Gasteiger partial charge >= 0.3 is 12.1 Å². The van der Waals surface area contributed by atoms with E-state index < -0.39 is 12.1 Å². The van der Waals surface area contributed by atoms with E-state index >= 15 is 0 Å². The van der Waals surface area contributed by atoms with E-state index in [1.54, 1.807) is 0 Å². The number of aliphatic carboxylic acids is 1. The van der Waals surface area contributed by atoms with Crippen molar-refractivity contribution in [2.24, 2.45) is 5.73 Å². The smallest absolute Gasteiger partial charge is 0.475 e. The molecule has 1 aromatic carbocycles. The zero-order chi connectivity index (χ0) is 13.8. The average molecular weight is 261 g/mol. The number of para-hydroxylation sites is 2. The number of carboxylic acids is 1. The van der Waals surface area contributed by atoms with Crippen LogP contribution >= 0.6 is 0 Å². The molecule has 0 radical (unpaired) electrons. The second-order valence-corrected chi connectivity index (χ2v) is 3.21. The van der Waals surface area contributed by atoms with Crippen molar-refractivity contribution in [2.45, 2.75) is 12.7 Å². The molecular weight excluding hydrogens is 251 g/mol. The Balaban J connectivity index is 0.000000203. The molecule has 98 valence electrons. The number of nitrogens with one attached hydrogen (secondary N) is 1. The second-order valence-electron chi connectivity index (χ2n) is 3.21. The Labute approximate surface area is 99.4 Å². The molecule has 2 rings (SSSR count). The molecule has 0 bridgehead atoms. The average Bonchev–Trinajstić information content (AvgIpc) is 2.71. The highest BCUT2D eigenvalue weighted by molar-refractivity contribution is 5.74. The molecule has 0 atom stereocenters. The molecule has 0 amide bonds. The molecule has 0 saturated carbocycles. The summed E-state index contributed by atoms with van der Waals surface area (Å²) in [7, 11) is 0. The van der Waals surface area contributed by atoms with E-state index in [1.165, 1.54) is 0 Å². The first-order valence-electron chi connectivity index (χ1n) is 4.78. The van der Waals surface area contributed by atoms with Gasteiger partial charge in [-0.05, 0) is 12.1 Å². The first kappa shape index (κ1) is 14.0. The number of rotatable bonds is 1. The Morgan fingerprint density at radius 1 is 1.39 bits per heavy atom. The summed E-state index contributed by atoms with van der Waals surface area (Å²) in [6.07, 6.45) is -5.08. The van der Waals surface area contributed by atoms with Crippen LogP contribution in [-0.4, -0.2) is 27.2 Å². The SMILES string of the molecule is NCc1nc2ccccc2[nH]1.O=C(O)C(F)(F)F. The van der Waals surface area contributed by atoms with Crippen molar-refractivity contribution >= 4 is 17.0 Å². The normalized spacial score (nSPS) is 10.9. The number of benzene rings is 1. The summed E-state index contributed by atoms with van der Waals surface area (Å²) in [5.41, 5.74) is 7.45. The molecule has 1 aromatic heterocycles. The van der Waals surface area contributed by atoms with Gasteiger partial charge in [0.05, 0.1) is 17.6 Å². The number of H-pyrrole nitrogens is 1. The lowest BCUT2D eigenvalue weighted by atomic mass is 10.3. The zero-order valence-electron chi connectivity index (χ0n) is 9.03. The Morgan fingerprint density at radius 2 is 1.94 bits per heavy atom. The quantitative estimate of drug-likeness (QED) is 0.727. The van der Waals surface area contributed by atoms with Crippen molar-refractivity contribution in [2.75, 3.05) is 0 Å². The van der Waals surface area contributed by atoms with Gasteiger partial charge in [0, 0.05) is 0 Å². The van der Waals surface area contributed by atoms with Crippen LogP contribution in [0, 0.1) is 0 Å². The molecular formula is C10H10F3N3O2. The molecule has 5 nitrogen and oxygen atoms in total. The van der Waals surface area contributed by atoms with E-state index in [9.17, 15) is 13.2 Å². The highest BCUT2D eigenvalue weighted by atomic mass is 19.4. The van der Waals surface area contributed by atoms with Gasteiger partial charge in [-0.3, -0.25) is 0 Å².